The van der Waals surface area contributed by atoms with Gasteiger partial charge in [-0.2, -0.15) is 10.2 Å². The molecule has 5 heterocycles. The second kappa shape index (κ2) is 12.0. The Hall–Kier alpha value is -4.10. The number of hydrogen-bond donors (Lipinski definition) is 1. The van der Waals surface area contributed by atoms with E-state index in [-0.39, 0.29) is 6.61 Å². The monoisotopic (exact) mass is 571 g/mol. The first-order valence-electron chi connectivity index (χ1n) is 14.8. The molecule has 1 atom stereocenters. The van der Waals surface area contributed by atoms with Crippen LogP contribution in [-0.4, -0.2) is 60.8 Å². The zero-order chi connectivity index (χ0) is 29.2. The molecule has 10 heteroatoms. The molecule has 0 aromatic carbocycles. The van der Waals surface area contributed by atoms with E-state index in [1.807, 2.05) is 37.5 Å². The Bertz CT molecular complexity index is 1580. The molecule has 1 N–H and O–H groups in total. The Kier molecular flexibility index (Phi) is 8.02. The van der Waals surface area contributed by atoms with Gasteiger partial charge >= 0.3 is 0 Å². The Morgan fingerprint density at radius 3 is 2.69 bits per heavy atom. The molecule has 0 bridgehead atoms. The molecule has 220 valence electrons. The number of aryl methyl sites for hydroxylation is 1. The van der Waals surface area contributed by atoms with Gasteiger partial charge in [-0.25, -0.2) is 8.91 Å². The molecule has 42 heavy (non-hydrogen) atoms. The van der Waals surface area contributed by atoms with Gasteiger partial charge in [0, 0.05) is 68.2 Å². The van der Waals surface area contributed by atoms with Gasteiger partial charge < -0.3 is 14.8 Å². The van der Waals surface area contributed by atoms with Gasteiger partial charge in [0.15, 0.2) is 11.3 Å². The maximum Gasteiger partial charge on any atom is 0.236 e. The second-order valence-corrected chi connectivity index (χ2v) is 11.4. The number of nitrogens with one attached hydrogen (secondary N) is 1. The van der Waals surface area contributed by atoms with E-state index in [1.54, 1.807) is 4.52 Å². The molecule has 9 nitrogen and oxygen atoms in total. The highest BCUT2D eigenvalue weighted by Gasteiger charge is 2.29. The molecule has 1 saturated carbocycles. The fourth-order valence-electron chi connectivity index (χ4n) is 6.31. The summed E-state index contributed by atoms with van der Waals surface area (Å²) in [5, 5.41) is 12.7. The van der Waals surface area contributed by atoms with E-state index in [0.717, 1.165) is 67.0 Å². The van der Waals surface area contributed by atoms with Crippen LogP contribution >= 0.6 is 0 Å². The summed E-state index contributed by atoms with van der Waals surface area (Å²) in [4.78, 5) is 7.09. The molecule has 6 rings (SSSR count). The molecule has 1 aliphatic carbocycles. The Morgan fingerprint density at radius 2 is 1.95 bits per heavy atom. The maximum absolute atomic E-state index is 13.8. The summed E-state index contributed by atoms with van der Waals surface area (Å²) in [6, 6.07) is 9.52. The van der Waals surface area contributed by atoms with E-state index in [1.165, 1.54) is 31.7 Å². The molecular formula is C32H38FN7O2. The summed E-state index contributed by atoms with van der Waals surface area (Å²) in [5.74, 6) is 0.858. The third-order valence-corrected chi connectivity index (χ3v) is 8.51. The van der Waals surface area contributed by atoms with Crippen molar-refractivity contribution in [1.82, 2.24) is 34.6 Å². The summed E-state index contributed by atoms with van der Waals surface area (Å²) in [6.07, 6.45) is 14.7. The van der Waals surface area contributed by atoms with Crippen LogP contribution in [-0.2, 0) is 19.6 Å². The van der Waals surface area contributed by atoms with Crippen molar-refractivity contribution in [3.8, 4) is 35.2 Å². The molecule has 0 spiro atoms. The van der Waals surface area contributed by atoms with E-state index in [4.69, 9.17) is 21.0 Å². The molecular weight excluding hydrogens is 533 g/mol. The summed E-state index contributed by atoms with van der Waals surface area (Å²) in [7, 11) is 0. The third kappa shape index (κ3) is 5.79. The van der Waals surface area contributed by atoms with Gasteiger partial charge in [0.1, 0.15) is 12.4 Å². The Labute approximate surface area is 246 Å². The number of pyridine rings is 2. The van der Waals surface area contributed by atoms with Crippen LogP contribution in [0.15, 0.2) is 36.8 Å². The Morgan fingerprint density at radius 1 is 1.12 bits per heavy atom. The van der Waals surface area contributed by atoms with Crippen molar-refractivity contribution in [2.45, 2.75) is 84.5 Å². The van der Waals surface area contributed by atoms with E-state index >= 15 is 0 Å². The van der Waals surface area contributed by atoms with Crippen LogP contribution in [0.1, 0.15) is 55.1 Å². The number of ether oxygens (including phenoxy) is 2. The zero-order valence-corrected chi connectivity index (χ0v) is 24.5. The molecule has 2 aliphatic rings. The minimum atomic E-state index is -1.48. The van der Waals surface area contributed by atoms with Gasteiger partial charge in [0.05, 0.1) is 24.1 Å². The molecule has 0 radical (unpaired) electrons. The summed E-state index contributed by atoms with van der Waals surface area (Å²) in [5.41, 5.74) is 6.64. The first-order valence-corrected chi connectivity index (χ1v) is 14.8. The van der Waals surface area contributed by atoms with Crippen LogP contribution in [0.5, 0.6) is 11.5 Å². The number of terminal acetylenes is 1. The van der Waals surface area contributed by atoms with Crippen molar-refractivity contribution < 1.29 is 13.9 Å². The van der Waals surface area contributed by atoms with Crippen LogP contribution in [0.3, 0.4) is 0 Å². The van der Waals surface area contributed by atoms with Crippen molar-refractivity contribution in [2.75, 3.05) is 13.1 Å². The highest BCUT2D eigenvalue weighted by Crippen LogP contribution is 2.36. The number of fused-ring (bicyclic) bond motifs is 2. The highest BCUT2D eigenvalue weighted by molar-refractivity contribution is 5.75. The van der Waals surface area contributed by atoms with Crippen molar-refractivity contribution in [2.24, 2.45) is 0 Å². The number of nitrogens with zero attached hydrogens (tertiary/aromatic N) is 6. The van der Waals surface area contributed by atoms with Gasteiger partial charge in [-0.15, -0.1) is 0 Å². The first-order chi connectivity index (χ1) is 20.4. The van der Waals surface area contributed by atoms with Gasteiger partial charge in [-0.3, -0.25) is 14.6 Å². The molecule has 1 aliphatic heterocycles. The number of rotatable bonds is 8. The SMILES string of the molecule is C#CNC1CCC(N2CCc3c(C)c(-c4cc(OCc5ccc(C)cn5)c5c(OC(C)F)cnn5c4)nn3CC2)CC1. The fourth-order valence-corrected chi connectivity index (χ4v) is 6.31. The van der Waals surface area contributed by atoms with Gasteiger partial charge in [-0.1, -0.05) is 12.5 Å². The summed E-state index contributed by atoms with van der Waals surface area (Å²) < 4.78 is 29.4. The van der Waals surface area contributed by atoms with Crippen LogP contribution in [0.4, 0.5) is 4.39 Å². The second-order valence-electron chi connectivity index (χ2n) is 11.4. The average molecular weight is 572 g/mol. The van der Waals surface area contributed by atoms with Crippen molar-refractivity contribution in [3.63, 3.8) is 0 Å². The van der Waals surface area contributed by atoms with Gasteiger partial charge in [0.25, 0.3) is 0 Å². The lowest BCUT2D eigenvalue weighted by atomic mass is 9.90. The van der Waals surface area contributed by atoms with Crippen LogP contribution in [0.25, 0.3) is 16.8 Å². The summed E-state index contributed by atoms with van der Waals surface area (Å²) in [6.45, 7) is 8.58. The third-order valence-electron chi connectivity index (χ3n) is 8.51. The lowest BCUT2D eigenvalue weighted by molar-refractivity contribution is 0.0874. The van der Waals surface area contributed by atoms with E-state index in [0.29, 0.717) is 29.1 Å². The normalized spacial score (nSPS) is 20.0. The topological polar surface area (TPSA) is 81.7 Å². The van der Waals surface area contributed by atoms with Crippen molar-refractivity contribution in [1.29, 1.82) is 0 Å². The van der Waals surface area contributed by atoms with E-state index < -0.39 is 6.36 Å². The predicted molar refractivity (Wildman–Crippen MR) is 159 cm³/mol. The number of alkyl halides is 1. The summed E-state index contributed by atoms with van der Waals surface area (Å²) >= 11 is 0. The predicted octanol–water partition coefficient (Wildman–Crippen LogP) is 4.83. The zero-order valence-electron chi connectivity index (χ0n) is 24.5. The van der Waals surface area contributed by atoms with Gasteiger partial charge in [-0.05, 0) is 62.8 Å². The lowest BCUT2D eigenvalue weighted by Gasteiger charge is -2.36. The van der Waals surface area contributed by atoms with Crippen LogP contribution < -0.4 is 14.8 Å². The average Bonchev–Trinajstić information content (AvgIpc) is 3.44. The standard InChI is InChI=1S/C32H38FN7O2/c1-5-34-25-8-10-27(11-9-25)38-13-12-28-22(3)31(37-39(28)15-14-38)24-16-29(41-20-26-7-6-21(2)17-35-26)32-30(42-23(4)33)18-36-40(32)19-24/h1,6-7,16-19,23,25,27,34H,8-15,20H2,2-4H3. The number of hydrogen-bond acceptors (Lipinski definition) is 7. The molecule has 4 aromatic heterocycles. The molecule has 0 amide bonds. The van der Waals surface area contributed by atoms with E-state index in [9.17, 15) is 4.39 Å². The van der Waals surface area contributed by atoms with Crippen LogP contribution in [0, 0.1) is 26.3 Å². The van der Waals surface area contributed by atoms with Gasteiger partial charge in [0.2, 0.25) is 6.36 Å². The van der Waals surface area contributed by atoms with Crippen LogP contribution in [0.2, 0.25) is 0 Å². The smallest absolute Gasteiger partial charge is 0.236 e. The number of halogens is 1. The minimum absolute atomic E-state index is 0.254. The van der Waals surface area contributed by atoms with E-state index in [2.05, 4.69) is 37.9 Å². The molecule has 1 unspecified atom stereocenters. The highest BCUT2D eigenvalue weighted by atomic mass is 19.1. The number of aromatic nitrogens is 5. The lowest BCUT2D eigenvalue weighted by Crippen LogP contribution is -2.42. The van der Waals surface area contributed by atoms with Crippen molar-refractivity contribution in [3.05, 3.63) is 59.3 Å². The maximum atomic E-state index is 13.8. The molecule has 0 saturated heterocycles. The fraction of sp³-hybridized carbons (Fsp3) is 0.469. The molecule has 4 aromatic rings. The largest absolute Gasteiger partial charge is 0.485 e. The van der Waals surface area contributed by atoms with Crippen molar-refractivity contribution >= 4 is 5.52 Å². The Balaban J connectivity index is 1.25. The minimum Gasteiger partial charge on any atom is -0.485 e. The molecule has 1 fully saturated rings. The first kappa shape index (κ1) is 28.0. The quantitative estimate of drug-likeness (QED) is 0.240.